The van der Waals surface area contributed by atoms with E-state index in [9.17, 15) is 4.79 Å². The van der Waals surface area contributed by atoms with E-state index in [0.717, 1.165) is 30.4 Å². The number of nitrogens with one attached hydrogen (secondary N) is 2. The SMILES string of the molecule is CCCSc1nsc(NC(=O)CN(C)C2CNC2)n1. The molecule has 0 spiro atoms. The van der Waals surface area contributed by atoms with Crippen molar-refractivity contribution in [2.75, 3.05) is 37.8 Å². The van der Waals surface area contributed by atoms with Crippen LogP contribution in [0.5, 0.6) is 0 Å². The zero-order valence-electron chi connectivity index (χ0n) is 11.2. The lowest BCUT2D eigenvalue weighted by molar-refractivity contribution is -0.117. The minimum absolute atomic E-state index is 0.0300. The summed E-state index contributed by atoms with van der Waals surface area (Å²) >= 11 is 2.86. The van der Waals surface area contributed by atoms with Gasteiger partial charge < -0.3 is 5.32 Å². The van der Waals surface area contributed by atoms with Crippen molar-refractivity contribution in [1.29, 1.82) is 0 Å². The Morgan fingerprint density at radius 2 is 2.42 bits per heavy atom. The van der Waals surface area contributed by atoms with Gasteiger partial charge in [-0.15, -0.1) is 0 Å². The Morgan fingerprint density at radius 1 is 1.63 bits per heavy atom. The van der Waals surface area contributed by atoms with Crippen molar-refractivity contribution in [3.05, 3.63) is 0 Å². The number of hydrogen-bond donors (Lipinski definition) is 2. The summed E-state index contributed by atoms with van der Waals surface area (Å²) in [5.41, 5.74) is 0. The van der Waals surface area contributed by atoms with Gasteiger partial charge in [0.05, 0.1) is 6.54 Å². The van der Waals surface area contributed by atoms with Crippen LogP contribution < -0.4 is 10.6 Å². The lowest BCUT2D eigenvalue weighted by Gasteiger charge is -2.35. The van der Waals surface area contributed by atoms with E-state index < -0.39 is 0 Å². The molecule has 2 heterocycles. The predicted molar refractivity (Wildman–Crippen MR) is 78.8 cm³/mol. The van der Waals surface area contributed by atoms with Crippen LogP contribution in [0.4, 0.5) is 5.13 Å². The van der Waals surface area contributed by atoms with Crippen molar-refractivity contribution < 1.29 is 4.79 Å². The van der Waals surface area contributed by atoms with Gasteiger partial charge in [0, 0.05) is 36.4 Å². The fourth-order valence-corrected chi connectivity index (χ4v) is 3.03. The van der Waals surface area contributed by atoms with Gasteiger partial charge >= 0.3 is 0 Å². The molecule has 0 bridgehead atoms. The largest absolute Gasteiger partial charge is 0.314 e. The number of thioether (sulfide) groups is 1. The van der Waals surface area contributed by atoms with Gasteiger partial charge in [0.1, 0.15) is 0 Å². The van der Waals surface area contributed by atoms with Gasteiger partial charge in [-0.3, -0.25) is 15.0 Å². The molecule has 106 valence electrons. The zero-order chi connectivity index (χ0) is 13.7. The van der Waals surface area contributed by atoms with Crippen molar-refractivity contribution in [1.82, 2.24) is 19.6 Å². The van der Waals surface area contributed by atoms with E-state index in [0.29, 0.717) is 17.7 Å². The van der Waals surface area contributed by atoms with Crippen LogP contribution in [-0.2, 0) is 4.79 Å². The second kappa shape index (κ2) is 7.18. The number of carbonyl (C=O) groups is 1. The summed E-state index contributed by atoms with van der Waals surface area (Å²) in [5.74, 6) is 0.972. The monoisotopic (exact) mass is 301 g/mol. The molecule has 0 aliphatic carbocycles. The van der Waals surface area contributed by atoms with Crippen molar-refractivity contribution in [2.45, 2.75) is 24.5 Å². The molecule has 0 atom stereocenters. The molecular formula is C11H19N5OS2. The molecule has 0 unspecified atom stereocenters. The van der Waals surface area contributed by atoms with Gasteiger partial charge in [0.2, 0.25) is 16.2 Å². The van der Waals surface area contributed by atoms with Gasteiger partial charge in [-0.25, -0.2) is 0 Å². The van der Waals surface area contributed by atoms with Crippen molar-refractivity contribution in [3.63, 3.8) is 0 Å². The summed E-state index contributed by atoms with van der Waals surface area (Å²) in [6.07, 6.45) is 1.09. The standard InChI is InChI=1S/C11H19N5OS2/c1-3-4-18-11-14-10(19-15-11)13-9(17)7-16(2)8-5-12-6-8/h8,12H,3-7H2,1-2H3,(H,13,14,15,17). The Morgan fingerprint density at radius 3 is 3.05 bits per heavy atom. The third-order valence-corrected chi connectivity index (χ3v) is 4.66. The van der Waals surface area contributed by atoms with Crippen LogP contribution in [0.25, 0.3) is 0 Å². The molecule has 0 aromatic carbocycles. The summed E-state index contributed by atoms with van der Waals surface area (Å²) in [6, 6.07) is 0.468. The van der Waals surface area contributed by atoms with E-state index in [-0.39, 0.29) is 5.91 Å². The van der Waals surface area contributed by atoms with Crippen LogP contribution >= 0.6 is 23.3 Å². The molecule has 1 aromatic heterocycles. The van der Waals surface area contributed by atoms with Gasteiger partial charge in [-0.1, -0.05) is 18.7 Å². The first-order chi connectivity index (χ1) is 9.19. The molecule has 2 N–H and O–H groups in total. The third kappa shape index (κ3) is 4.41. The number of likely N-dealkylation sites (N-methyl/N-ethyl adjacent to an activating group) is 1. The minimum atomic E-state index is -0.0300. The van der Waals surface area contributed by atoms with E-state index in [1.807, 2.05) is 7.05 Å². The van der Waals surface area contributed by atoms with E-state index in [1.54, 1.807) is 11.8 Å². The lowest BCUT2D eigenvalue weighted by Crippen LogP contribution is -2.57. The minimum Gasteiger partial charge on any atom is -0.314 e. The molecule has 1 amide bonds. The highest BCUT2D eigenvalue weighted by molar-refractivity contribution is 7.99. The lowest BCUT2D eigenvalue weighted by atomic mass is 10.1. The van der Waals surface area contributed by atoms with Crippen LogP contribution in [-0.4, -0.2) is 58.6 Å². The van der Waals surface area contributed by atoms with Crippen LogP contribution in [0.1, 0.15) is 13.3 Å². The number of aromatic nitrogens is 2. The maximum absolute atomic E-state index is 11.8. The van der Waals surface area contributed by atoms with E-state index in [1.165, 1.54) is 11.5 Å². The fourth-order valence-electron chi connectivity index (χ4n) is 1.61. The molecule has 2 rings (SSSR count). The van der Waals surface area contributed by atoms with Gasteiger partial charge in [0.25, 0.3) is 0 Å². The van der Waals surface area contributed by atoms with Crippen LogP contribution in [0.2, 0.25) is 0 Å². The first-order valence-electron chi connectivity index (χ1n) is 6.36. The predicted octanol–water partition coefficient (Wildman–Crippen LogP) is 0.882. The Balaban J connectivity index is 1.76. The van der Waals surface area contributed by atoms with E-state index in [4.69, 9.17) is 0 Å². The summed E-state index contributed by atoms with van der Waals surface area (Å²) < 4.78 is 4.20. The average Bonchev–Trinajstić information content (AvgIpc) is 2.71. The highest BCUT2D eigenvalue weighted by atomic mass is 32.2. The van der Waals surface area contributed by atoms with Crippen molar-refractivity contribution in [2.24, 2.45) is 0 Å². The highest BCUT2D eigenvalue weighted by Crippen LogP contribution is 2.20. The first-order valence-corrected chi connectivity index (χ1v) is 8.12. The average molecular weight is 301 g/mol. The maximum atomic E-state index is 11.8. The normalized spacial score (nSPS) is 15.5. The highest BCUT2D eigenvalue weighted by Gasteiger charge is 2.23. The molecule has 1 aliphatic heterocycles. The molecule has 1 saturated heterocycles. The Kier molecular flexibility index (Phi) is 5.56. The molecule has 0 radical (unpaired) electrons. The summed E-state index contributed by atoms with van der Waals surface area (Å²) in [5, 5.41) is 7.33. The Labute approximate surface area is 121 Å². The number of hydrogen-bond acceptors (Lipinski definition) is 7. The number of carbonyl (C=O) groups excluding carboxylic acids is 1. The van der Waals surface area contributed by atoms with Gasteiger partial charge in [0.15, 0.2) is 0 Å². The van der Waals surface area contributed by atoms with Crippen molar-refractivity contribution in [3.8, 4) is 0 Å². The summed E-state index contributed by atoms with van der Waals surface area (Å²) in [7, 11) is 1.97. The maximum Gasteiger partial charge on any atom is 0.240 e. The van der Waals surface area contributed by atoms with E-state index in [2.05, 4.69) is 31.8 Å². The van der Waals surface area contributed by atoms with Gasteiger partial charge in [-0.2, -0.15) is 9.36 Å². The molecule has 1 fully saturated rings. The van der Waals surface area contributed by atoms with Gasteiger partial charge in [-0.05, 0) is 13.5 Å². The number of nitrogens with zero attached hydrogens (tertiary/aromatic N) is 3. The van der Waals surface area contributed by atoms with Crippen LogP contribution in [0.3, 0.4) is 0 Å². The summed E-state index contributed by atoms with van der Waals surface area (Å²) in [6.45, 7) is 4.43. The second-order valence-corrected chi connectivity index (χ2v) is 6.32. The first kappa shape index (κ1) is 14.7. The molecule has 0 saturated carbocycles. The van der Waals surface area contributed by atoms with E-state index >= 15 is 0 Å². The Bertz CT molecular complexity index is 421. The zero-order valence-corrected chi connectivity index (χ0v) is 12.8. The van der Waals surface area contributed by atoms with Crippen LogP contribution in [0, 0.1) is 0 Å². The quantitative estimate of drug-likeness (QED) is 0.729. The van der Waals surface area contributed by atoms with Crippen LogP contribution in [0.15, 0.2) is 5.16 Å². The topological polar surface area (TPSA) is 70.2 Å². The Hall–Kier alpha value is -0.700. The van der Waals surface area contributed by atoms with Crippen molar-refractivity contribution >= 4 is 34.3 Å². The molecule has 1 aromatic rings. The molecule has 6 nitrogen and oxygen atoms in total. The summed E-state index contributed by atoms with van der Waals surface area (Å²) in [4.78, 5) is 18.2. The molecule has 8 heteroatoms. The molecule has 1 aliphatic rings. The molecular weight excluding hydrogens is 282 g/mol. The smallest absolute Gasteiger partial charge is 0.240 e. The molecule has 19 heavy (non-hydrogen) atoms. The number of amides is 1. The number of rotatable bonds is 7. The third-order valence-electron chi connectivity index (χ3n) is 2.87. The fraction of sp³-hybridized carbons (Fsp3) is 0.727. The number of anilines is 1. The second-order valence-electron chi connectivity index (χ2n) is 4.51.